The molecule has 4 rings (SSSR count). The van der Waals surface area contributed by atoms with Crippen molar-refractivity contribution in [3.8, 4) is 28.3 Å². The summed E-state index contributed by atoms with van der Waals surface area (Å²) in [4.78, 5) is 37.6. The monoisotopic (exact) mass is 499 g/mol. The Bertz CT molecular complexity index is 1490. The lowest BCUT2D eigenvalue weighted by Gasteiger charge is -2.15. The molecule has 1 N–H and O–H groups in total. The van der Waals surface area contributed by atoms with Crippen molar-refractivity contribution in [2.24, 2.45) is 0 Å². The summed E-state index contributed by atoms with van der Waals surface area (Å²) in [5.74, 6) is 0.376. The van der Waals surface area contributed by atoms with Crippen molar-refractivity contribution in [2.45, 2.75) is 33.4 Å². The van der Waals surface area contributed by atoms with E-state index in [9.17, 15) is 14.4 Å². The van der Waals surface area contributed by atoms with Crippen LogP contribution in [0, 0.1) is 6.92 Å². The molecular weight excluding hydrogens is 470 g/mol. The van der Waals surface area contributed by atoms with E-state index in [-0.39, 0.29) is 30.1 Å². The van der Waals surface area contributed by atoms with Crippen molar-refractivity contribution in [2.75, 3.05) is 13.2 Å². The Morgan fingerprint density at radius 3 is 2.11 bits per heavy atom. The van der Waals surface area contributed by atoms with Gasteiger partial charge < -0.3 is 10.1 Å². The zero-order valence-electron chi connectivity index (χ0n) is 21.0. The molecule has 2 heterocycles. The van der Waals surface area contributed by atoms with Gasteiger partial charge in [-0.1, -0.05) is 29.8 Å². The Morgan fingerprint density at radius 2 is 1.46 bits per heavy atom. The van der Waals surface area contributed by atoms with Crippen LogP contribution in [-0.4, -0.2) is 38.6 Å². The SMILES string of the molecule is CCOc1ccc(-c2ccc(=O)n(CCNC(=O)C(C)n3nc(-c4ccc(C)cc4)ccc3=O)n2)cc1. The molecule has 9 nitrogen and oxygen atoms in total. The van der Waals surface area contributed by atoms with Crippen LogP contribution in [0.2, 0.25) is 0 Å². The lowest BCUT2D eigenvalue weighted by Crippen LogP contribution is -2.39. The van der Waals surface area contributed by atoms with Crippen LogP contribution in [0.5, 0.6) is 5.75 Å². The average Bonchev–Trinajstić information content (AvgIpc) is 2.91. The Morgan fingerprint density at radius 1 is 0.865 bits per heavy atom. The highest BCUT2D eigenvalue weighted by molar-refractivity contribution is 5.79. The van der Waals surface area contributed by atoms with Crippen LogP contribution in [-0.2, 0) is 11.3 Å². The fourth-order valence-electron chi connectivity index (χ4n) is 3.78. The molecule has 0 saturated heterocycles. The van der Waals surface area contributed by atoms with Crippen molar-refractivity contribution < 1.29 is 9.53 Å². The van der Waals surface area contributed by atoms with Gasteiger partial charge in [-0.25, -0.2) is 9.36 Å². The second kappa shape index (κ2) is 11.5. The molecule has 9 heteroatoms. The van der Waals surface area contributed by atoms with Crippen LogP contribution in [0.4, 0.5) is 0 Å². The molecule has 0 fully saturated rings. The molecule has 0 spiro atoms. The minimum Gasteiger partial charge on any atom is -0.494 e. The predicted molar refractivity (Wildman–Crippen MR) is 141 cm³/mol. The first-order valence-electron chi connectivity index (χ1n) is 12.1. The summed E-state index contributed by atoms with van der Waals surface area (Å²) in [6.07, 6.45) is 0. The number of aromatic nitrogens is 4. The van der Waals surface area contributed by atoms with Crippen molar-refractivity contribution >= 4 is 5.91 Å². The van der Waals surface area contributed by atoms with Crippen molar-refractivity contribution in [3.05, 3.63) is 99.1 Å². The van der Waals surface area contributed by atoms with E-state index >= 15 is 0 Å². The van der Waals surface area contributed by atoms with E-state index in [1.807, 2.05) is 62.4 Å². The highest BCUT2D eigenvalue weighted by Gasteiger charge is 2.18. The first-order valence-corrected chi connectivity index (χ1v) is 12.1. The lowest BCUT2D eigenvalue weighted by molar-refractivity contribution is -0.124. The maximum Gasteiger partial charge on any atom is 0.267 e. The van der Waals surface area contributed by atoms with E-state index in [0.717, 1.165) is 22.4 Å². The van der Waals surface area contributed by atoms with Crippen molar-refractivity contribution in [1.82, 2.24) is 24.9 Å². The van der Waals surface area contributed by atoms with Crippen molar-refractivity contribution in [3.63, 3.8) is 0 Å². The molecule has 190 valence electrons. The number of aryl methyl sites for hydroxylation is 1. The Labute approximate surface area is 214 Å². The smallest absolute Gasteiger partial charge is 0.267 e. The largest absolute Gasteiger partial charge is 0.494 e. The number of hydrogen-bond donors (Lipinski definition) is 1. The van der Waals surface area contributed by atoms with Crippen LogP contribution >= 0.6 is 0 Å². The maximum atomic E-state index is 12.8. The Hall–Kier alpha value is -4.53. The summed E-state index contributed by atoms with van der Waals surface area (Å²) in [7, 11) is 0. The number of rotatable bonds is 9. The van der Waals surface area contributed by atoms with Gasteiger partial charge in [-0.15, -0.1) is 0 Å². The summed E-state index contributed by atoms with van der Waals surface area (Å²) in [6, 6.07) is 20.5. The van der Waals surface area contributed by atoms with Gasteiger partial charge in [-0.3, -0.25) is 14.4 Å². The second-order valence-corrected chi connectivity index (χ2v) is 8.57. The molecule has 0 radical (unpaired) electrons. The predicted octanol–water partition coefficient (Wildman–Crippen LogP) is 3.22. The van der Waals surface area contributed by atoms with Gasteiger partial charge >= 0.3 is 0 Å². The van der Waals surface area contributed by atoms with E-state index in [1.165, 1.54) is 21.5 Å². The molecule has 37 heavy (non-hydrogen) atoms. The standard InChI is InChI=1S/C28H29N5O4/c1-4-37-23-11-9-22(10-12-23)24-13-15-26(34)32(30-24)18-17-29-28(36)20(3)33-27(35)16-14-25(31-33)21-7-5-19(2)6-8-21/h5-16,20H,4,17-18H2,1-3H3,(H,29,36). The molecule has 0 aliphatic carbocycles. The summed E-state index contributed by atoms with van der Waals surface area (Å²) < 4.78 is 7.94. The van der Waals surface area contributed by atoms with Gasteiger partial charge in [0.1, 0.15) is 11.8 Å². The number of carbonyl (C=O) groups excluding carboxylic acids is 1. The molecule has 0 saturated carbocycles. The third-order valence-electron chi connectivity index (χ3n) is 5.87. The fraction of sp³-hybridized carbons (Fsp3) is 0.250. The van der Waals surface area contributed by atoms with Crippen LogP contribution in [0.15, 0.2) is 82.4 Å². The van der Waals surface area contributed by atoms with Gasteiger partial charge in [0.25, 0.3) is 11.1 Å². The van der Waals surface area contributed by atoms with Gasteiger partial charge in [0.2, 0.25) is 5.91 Å². The van der Waals surface area contributed by atoms with Gasteiger partial charge in [0.15, 0.2) is 0 Å². The molecule has 2 aromatic heterocycles. The summed E-state index contributed by atoms with van der Waals surface area (Å²) in [5.41, 5.74) is 3.38. The van der Waals surface area contributed by atoms with E-state index in [0.29, 0.717) is 18.0 Å². The summed E-state index contributed by atoms with van der Waals surface area (Å²) in [6.45, 7) is 6.44. The molecule has 1 unspecified atom stereocenters. The van der Waals surface area contributed by atoms with E-state index in [2.05, 4.69) is 15.5 Å². The van der Waals surface area contributed by atoms with Crippen LogP contribution in [0.1, 0.15) is 25.5 Å². The third-order valence-corrected chi connectivity index (χ3v) is 5.87. The molecule has 4 aromatic rings. The molecule has 1 atom stereocenters. The van der Waals surface area contributed by atoms with Crippen LogP contribution < -0.4 is 21.2 Å². The van der Waals surface area contributed by atoms with Gasteiger partial charge in [-0.05, 0) is 57.2 Å². The molecule has 0 bridgehead atoms. The van der Waals surface area contributed by atoms with Gasteiger partial charge in [0.05, 0.1) is 24.5 Å². The van der Waals surface area contributed by atoms with Gasteiger partial charge in [0, 0.05) is 29.8 Å². The normalized spacial score (nSPS) is 11.6. The number of ether oxygens (including phenoxy) is 1. The molecule has 0 aliphatic heterocycles. The van der Waals surface area contributed by atoms with Crippen molar-refractivity contribution in [1.29, 1.82) is 0 Å². The van der Waals surface area contributed by atoms with E-state index < -0.39 is 6.04 Å². The minimum absolute atomic E-state index is 0.162. The van der Waals surface area contributed by atoms with Crippen LogP contribution in [0.3, 0.4) is 0 Å². The summed E-state index contributed by atoms with van der Waals surface area (Å²) in [5, 5.41) is 11.6. The van der Waals surface area contributed by atoms with Gasteiger partial charge in [-0.2, -0.15) is 10.2 Å². The topological polar surface area (TPSA) is 108 Å². The molecule has 1 amide bonds. The lowest BCUT2D eigenvalue weighted by atomic mass is 10.1. The highest BCUT2D eigenvalue weighted by Crippen LogP contribution is 2.20. The molecule has 0 aliphatic rings. The second-order valence-electron chi connectivity index (χ2n) is 8.57. The quantitative estimate of drug-likeness (QED) is 0.379. The minimum atomic E-state index is -0.835. The zero-order valence-corrected chi connectivity index (χ0v) is 21.0. The first kappa shape index (κ1) is 25.6. The number of nitrogens with one attached hydrogen (secondary N) is 1. The number of hydrogen-bond acceptors (Lipinski definition) is 6. The fourth-order valence-corrected chi connectivity index (χ4v) is 3.78. The number of carbonyl (C=O) groups is 1. The van der Waals surface area contributed by atoms with E-state index in [1.54, 1.807) is 19.1 Å². The zero-order chi connectivity index (χ0) is 26.4. The third kappa shape index (κ3) is 6.19. The average molecular weight is 500 g/mol. The first-order chi connectivity index (χ1) is 17.9. The number of benzene rings is 2. The van der Waals surface area contributed by atoms with Crippen LogP contribution in [0.25, 0.3) is 22.5 Å². The molecular formula is C28H29N5O4. The maximum absolute atomic E-state index is 12.8. The molecule has 2 aromatic carbocycles. The summed E-state index contributed by atoms with van der Waals surface area (Å²) >= 11 is 0. The Balaban J connectivity index is 1.42. The Kier molecular flexibility index (Phi) is 7.92. The highest BCUT2D eigenvalue weighted by atomic mass is 16.5. The number of nitrogens with zero attached hydrogens (tertiary/aromatic N) is 4. The number of amides is 1. The van der Waals surface area contributed by atoms with E-state index in [4.69, 9.17) is 4.74 Å².